The lowest BCUT2D eigenvalue weighted by Crippen LogP contribution is -2.05. The second-order valence-corrected chi connectivity index (χ2v) is 4.01. The third-order valence-electron chi connectivity index (χ3n) is 2.68. The molecule has 0 N–H and O–H groups in total. The summed E-state index contributed by atoms with van der Waals surface area (Å²) in [4.78, 5) is 0. The Bertz CT molecular complexity index is 407. The van der Waals surface area contributed by atoms with Gasteiger partial charge in [-0.15, -0.1) is 0 Å². The van der Waals surface area contributed by atoms with Crippen molar-refractivity contribution in [3.8, 4) is 5.75 Å². The van der Waals surface area contributed by atoms with Crippen LogP contribution in [0.3, 0.4) is 0 Å². The van der Waals surface area contributed by atoms with Crippen LogP contribution in [-0.4, -0.2) is 6.61 Å². The van der Waals surface area contributed by atoms with Crippen molar-refractivity contribution in [1.29, 1.82) is 0 Å². The summed E-state index contributed by atoms with van der Waals surface area (Å²) >= 11 is 0. The molecule has 1 aliphatic rings. The zero-order chi connectivity index (χ0) is 11.9. The van der Waals surface area contributed by atoms with Gasteiger partial charge in [0.1, 0.15) is 11.9 Å². The molecule has 1 unspecified atom stereocenters. The lowest BCUT2D eigenvalue weighted by Gasteiger charge is -2.18. The molecule has 2 heteroatoms. The Morgan fingerprint density at radius 1 is 1.24 bits per heavy atom. The van der Waals surface area contributed by atoms with E-state index in [1.165, 1.54) is 0 Å². The molecule has 2 nitrogen and oxygen atoms in total. The maximum atomic E-state index is 5.79. The minimum atomic E-state index is -0.0298. The first-order chi connectivity index (χ1) is 8.42. The summed E-state index contributed by atoms with van der Waals surface area (Å²) in [5.74, 6) is 0.922. The summed E-state index contributed by atoms with van der Waals surface area (Å²) in [6.07, 6.45) is 9.82. The van der Waals surface area contributed by atoms with Crippen LogP contribution in [-0.2, 0) is 4.74 Å². The van der Waals surface area contributed by atoms with E-state index in [9.17, 15) is 0 Å². The quantitative estimate of drug-likeness (QED) is 0.712. The molecule has 1 aromatic rings. The third kappa shape index (κ3) is 3.13. The highest BCUT2D eigenvalue weighted by Gasteiger charge is 2.14. The van der Waals surface area contributed by atoms with Gasteiger partial charge in [0.15, 0.2) is 0 Å². The van der Waals surface area contributed by atoms with Crippen LogP contribution in [0.25, 0.3) is 0 Å². The van der Waals surface area contributed by atoms with E-state index in [0.29, 0.717) is 0 Å². The van der Waals surface area contributed by atoms with Crippen molar-refractivity contribution in [2.45, 2.75) is 25.9 Å². The van der Waals surface area contributed by atoms with Crippen LogP contribution in [0.5, 0.6) is 5.75 Å². The fourth-order valence-electron chi connectivity index (χ4n) is 1.74. The zero-order valence-corrected chi connectivity index (χ0v) is 10.1. The van der Waals surface area contributed by atoms with E-state index in [1.807, 2.05) is 36.4 Å². The van der Waals surface area contributed by atoms with Crippen molar-refractivity contribution < 1.29 is 9.47 Å². The second-order valence-electron chi connectivity index (χ2n) is 4.01. The van der Waals surface area contributed by atoms with Gasteiger partial charge in [-0.25, -0.2) is 0 Å². The summed E-state index contributed by atoms with van der Waals surface area (Å²) in [5.41, 5.74) is 1.09. The molecule has 2 rings (SSSR count). The Labute approximate surface area is 103 Å². The molecule has 0 spiro atoms. The Morgan fingerprint density at radius 3 is 2.88 bits per heavy atom. The van der Waals surface area contributed by atoms with Crippen LogP contribution in [0.2, 0.25) is 0 Å². The molecule has 1 aliphatic heterocycles. The number of benzene rings is 1. The zero-order valence-electron chi connectivity index (χ0n) is 10.1. The number of rotatable bonds is 5. The molecule has 0 saturated heterocycles. The normalized spacial score (nSPS) is 17.8. The van der Waals surface area contributed by atoms with Gasteiger partial charge in [-0.05, 0) is 24.6 Å². The SMILES string of the molecule is CCCCOc1ccccc1C1C=CC=CO1. The predicted molar refractivity (Wildman–Crippen MR) is 69.0 cm³/mol. The van der Waals surface area contributed by atoms with Crippen molar-refractivity contribution in [1.82, 2.24) is 0 Å². The summed E-state index contributed by atoms with van der Waals surface area (Å²) in [7, 11) is 0. The van der Waals surface area contributed by atoms with Gasteiger partial charge in [0, 0.05) is 5.56 Å². The molecule has 17 heavy (non-hydrogen) atoms. The summed E-state index contributed by atoms with van der Waals surface area (Å²) in [6.45, 7) is 2.92. The Balaban J connectivity index is 2.10. The first-order valence-electron chi connectivity index (χ1n) is 6.12. The molecule has 1 heterocycles. The Kier molecular flexibility index (Phi) is 4.25. The Morgan fingerprint density at radius 2 is 2.12 bits per heavy atom. The standard InChI is InChI=1S/C15H18O2/c1-2-3-11-16-14-9-5-4-8-13(14)15-10-6-7-12-17-15/h4-10,12,15H,2-3,11H2,1H3. The highest BCUT2D eigenvalue weighted by molar-refractivity contribution is 5.38. The van der Waals surface area contributed by atoms with Crippen molar-refractivity contribution >= 4 is 0 Å². The third-order valence-corrected chi connectivity index (χ3v) is 2.68. The van der Waals surface area contributed by atoms with Crippen LogP contribution in [0.15, 0.2) is 48.8 Å². The largest absolute Gasteiger partial charge is 0.493 e. The summed E-state index contributed by atoms with van der Waals surface area (Å²) in [6, 6.07) is 8.06. The molecule has 90 valence electrons. The first kappa shape index (κ1) is 11.8. The highest BCUT2D eigenvalue weighted by Crippen LogP contribution is 2.30. The average Bonchev–Trinajstić information content (AvgIpc) is 2.41. The van der Waals surface area contributed by atoms with Crippen LogP contribution in [0.4, 0.5) is 0 Å². The van der Waals surface area contributed by atoms with E-state index < -0.39 is 0 Å². The Hall–Kier alpha value is -1.70. The molecule has 0 radical (unpaired) electrons. The lowest BCUT2D eigenvalue weighted by atomic mass is 10.1. The van der Waals surface area contributed by atoms with Crippen LogP contribution in [0.1, 0.15) is 31.4 Å². The molecule has 0 amide bonds. The maximum Gasteiger partial charge on any atom is 0.145 e. The van der Waals surface area contributed by atoms with Gasteiger partial charge in [-0.1, -0.05) is 37.6 Å². The number of unbranched alkanes of at least 4 members (excludes halogenated alkanes) is 1. The van der Waals surface area contributed by atoms with Crippen LogP contribution < -0.4 is 4.74 Å². The molecular weight excluding hydrogens is 212 g/mol. The van der Waals surface area contributed by atoms with Gasteiger partial charge in [-0.3, -0.25) is 0 Å². The second kappa shape index (κ2) is 6.14. The topological polar surface area (TPSA) is 18.5 Å². The van der Waals surface area contributed by atoms with E-state index in [2.05, 4.69) is 13.0 Å². The smallest absolute Gasteiger partial charge is 0.145 e. The van der Waals surface area contributed by atoms with Gasteiger partial charge in [0.2, 0.25) is 0 Å². The number of allylic oxidation sites excluding steroid dienone is 2. The van der Waals surface area contributed by atoms with Gasteiger partial charge in [0.05, 0.1) is 12.9 Å². The van der Waals surface area contributed by atoms with Gasteiger partial charge in [0.25, 0.3) is 0 Å². The van der Waals surface area contributed by atoms with Crippen molar-refractivity contribution in [3.05, 3.63) is 54.3 Å². The van der Waals surface area contributed by atoms with E-state index in [0.717, 1.165) is 30.8 Å². The molecule has 1 aromatic carbocycles. The van der Waals surface area contributed by atoms with Gasteiger partial charge in [-0.2, -0.15) is 0 Å². The predicted octanol–water partition coefficient (Wildman–Crippen LogP) is 4.01. The number of hydrogen-bond donors (Lipinski definition) is 0. The fourth-order valence-corrected chi connectivity index (χ4v) is 1.74. The molecule has 1 atom stereocenters. The number of hydrogen-bond acceptors (Lipinski definition) is 2. The summed E-state index contributed by atoms with van der Waals surface area (Å²) in [5, 5.41) is 0. The van der Waals surface area contributed by atoms with Gasteiger partial charge < -0.3 is 9.47 Å². The molecule has 0 aromatic heterocycles. The summed E-state index contributed by atoms with van der Waals surface area (Å²) < 4.78 is 11.4. The molecular formula is C15H18O2. The van der Waals surface area contributed by atoms with Crippen molar-refractivity contribution in [2.24, 2.45) is 0 Å². The monoisotopic (exact) mass is 230 g/mol. The van der Waals surface area contributed by atoms with Crippen molar-refractivity contribution in [3.63, 3.8) is 0 Å². The van der Waals surface area contributed by atoms with E-state index in [-0.39, 0.29) is 6.10 Å². The molecule has 0 fully saturated rings. The van der Waals surface area contributed by atoms with E-state index in [1.54, 1.807) is 6.26 Å². The first-order valence-corrected chi connectivity index (χ1v) is 6.12. The number of ether oxygens (including phenoxy) is 2. The van der Waals surface area contributed by atoms with E-state index in [4.69, 9.17) is 9.47 Å². The minimum Gasteiger partial charge on any atom is -0.493 e. The van der Waals surface area contributed by atoms with Gasteiger partial charge >= 0.3 is 0 Å². The molecule has 0 bridgehead atoms. The molecule has 0 aliphatic carbocycles. The van der Waals surface area contributed by atoms with E-state index >= 15 is 0 Å². The highest BCUT2D eigenvalue weighted by atomic mass is 16.5. The maximum absolute atomic E-state index is 5.79. The average molecular weight is 230 g/mol. The van der Waals surface area contributed by atoms with Crippen LogP contribution >= 0.6 is 0 Å². The minimum absolute atomic E-state index is 0.0298. The molecule has 0 saturated carbocycles. The fraction of sp³-hybridized carbons (Fsp3) is 0.333. The lowest BCUT2D eigenvalue weighted by molar-refractivity contribution is 0.180. The number of para-hydroxylation sites is 1. The van der Waals surface area contributed by atoms with Crippen molar-refractivity contribution in [2.75, 3.05) is 6.61 Å². The van der Waals surface area contributed by atoms with Crippen LogP contribution in [0, 0.1) is 0 Å².